The van der Waals surface area contributed by atoms with Crippen LogP contribution >= 0.6 is 0 Å². The van der Waals surface area contributed by atoms with Crippen LogP contribution in [0.25, 0.3) is 0 Å². The Labute approximate surface area is 90.7 Å². The molecule has 1 aromatic rings. The minimum absolute atomic E-state index is 0.00878. The zero-order valence-corrected chi connectivity index (χ0v) is 9.15. The first-order valence-corrected chi connectivity index (χ1v) is 5.60. The molecule has 0 unspecified atom stereocenters. The van der Waals surface area contributed by atoms with E-state index in [0.29, 0.717) is 0 Å². The van der Waals surface area contributed by atoms with E-state index >= 15 is 0 Å². The van der Waals surface area contributed by atoms with Crippen molar-refractivity contribution in [1.82, 2.24) is 4.98 Å². The third kappa shape index (κ3) is 3.20. The minimum Gasteiger partial charge on any atom is -0.492 e. The summed E-state index contributed by atoms with van der Waals surface area (Å²) in [6, 6.07) is 3.86. The molecule has 1 aliphatic rings. The van der Waals surface area contributed by atoms with Gasteiger partial charge in [0.1, 0.15) is 5.75 Å². The third-order valence-electron chi connectivity index (χ3n) is 2.72. The average Bonchev–Trinajstić information content (AvgIpc) is 3.02. The van der Waals surface area contributed by atoms with Gasteiger partial charge in [-0.3, -0.25) is 4.98 Å². The molecule has 0 radical (unpaired) electrons. The standard InChI is InChI=1S/C12H18N2O/c1-9(13)12-5-4-11(8-14-12)15-7-6-10-2-3-10/h4-5,8-10H,2-3,6-7,13H2,1H3/t9-/m0/s1. The van der Waals surface area contributed by atoms with E-state index in [1.807, 2.05) is 19.1 Å². The van der Waals surface area contributed by atoms with Crippen LogP contribution in [-0.4, -0.2) is 11.6 Å². The zero-order chi connectivity index (χ0) is 10.7. The molecular weight excluding hydrogens is 188 g/mol. The second-order valence-electron chi connectivity index (χ2n) is 4.29. The fourth-order valence-electron chi connectivity index (χ4n) is 1.50. The normalized spacial score (nSPS) is 17.5. The molecule has 0 bridgehead atoms. The molecule has 0 aliphatic heterocycles. The molecule has 1 atom stereocenters. The Bertz CT molecular complexity index is 304. The first-order chi connectivity index (χ1) is 7.25. The van der Waals surface area contributed by atoms with E-state index in [4.69, 9.17) is 10.5 Å². The van der Waals surface area contributed by atoms with Crippen LogP contribution in [0.5, 0.6) is 5.75 Å². The predicted octanol–water partition coefficient (Wildman–Crippen LogP) is 2.28. The molecule has 0 spiro atoms. The fraction of sp³-hybridized carbons (Fsp3) is 0.583. The van der Waals surface area contributed by atoms with Crippen molar-refractivity contribution in [1.29, 1.82) is 0 Å². The van der Waals surface area contributed by atoms with Crippen molar-refractivity contribution in [3.05, 3.63) is 24.0 Å². The molecule has 1 aromatic heterocycles. The predicted molar refractivity (Wildman–Crippen MR) is 59.7 cm³/mol. The molecule has 1 saturated carbocycles. The third-order valence-corrected chi connectivity index (χ3v) is 2.72. The molecule has 0 aromatic carbocycles. The van der Waals surface area contributed by atoms with Crippen molar-refractivity contribution in [3.63, 3.8) is 0 Å². The van der Waals surface area contributed by atoms with Gasteiger partial charge in [0.25, 0.3) is 0 Å². The zero-order valence-electron chi connectivity index (χ0n) is 9.15. The topological polar surface area (TPSA) is 48.1 Å². The van der Waals surface area contributed by atoms with E-state index in [1.165, 1.54) is 19.3 Å². The van der Waals surface area contributed by atoms with Crippen molar-refractivity contribution in [2.75, 3.05) is 6.61 Å². The second-order valence-corrected chi connectivity index (χ2v) is 4.29. The summed E-state index contributed by atoms with van der Waals surface area (Å²) >= 11 is 0. The number of nitrogens with two attached hydrogens (primary N) is 1. The van der Waals surface area contributed by atoms with Crippen LogP contribution in [0.2, 0.25) is 0 Å². The number of hydrogen-bond donors (Lipinski definition) is 1. The maximum absolute atomic E-state index is 5.71. The summed E-state index contributed by atoms with van der Waals surface area (Å²) in [5.41, 5.74) is 6.62. The summed E-state index contributed by atoms with van der Waals surface area (Å²) in [5.74, 6) is 1.77. The second kappa shape index (κ2) is 4.62. The first kappa shape index (κ1) is 10.4. The van der Waals surface area contributed by atoms with Crippen LogP contribution in [0.3, 0.4) is 0 Å². The van der Waals surface area contributed by atoms with Gasteiger partial charge in [0.05, 0.1) is 18.5 Å². The molecule has 3 heteroatoms. The van der Waals surface area contributed by atoms with E-state index in [2.05, 4.69) is 4.98 Å². The minimum atomic E-state index is -0.00878. The number of aromatic nitrogens is 1. The van der Waals surface area contributed by atoms with Gasteiger partial charge in [-0.1, -0.05) is 12.8 Å². The van der Waals surface area contributed by atoms with Crippen molar-refractivity contribution in [3.8, 4) is 5.75 Å². The lowest BCUT2D eigenvalue weighted by molar-refractivity contribution is 0.301. The van der Waals surface area contributed by atoms with Gasteiger partial charge in [0, 0.05) is 6.04 Å². The summed E-state index contributed by atoms with van der Waals surface area (Å²) in [7, 11) is 0. The summed E-state index contributed by atoms with van der Waals surface area (Å²) in [5, 5.41) is 0. The number of hydrogen-bond acceptors (Lipinski definition) is 3. The smallest absolute Gasteiger partial charge is 0.137 e. The summed E-state index contributed by atoms with van der Waals surface area (Å²) in [4.78, 5) is 4.24. The molecule has 0 saturated heterocycles. The van der Waals surface area contributed by atoms with Crippen molar-refractivity contribution < 1.29 is 4.74 Å². The van der Waals surface area contributed by atoms with E-state index in [1.54, 1.807) is 6.20 Å². The van der Waals surface area contributed by atoms with Crippen LogP contribution in [0.15, 0.2) is 18.3 Å². The van der Waals surface area contributed by atoms with E-state index in [9.17, 15) is 0 Å². The highest BCUT2D eigenvalue weighted by Gasteiger charge is 2.20. The van der Waals surface area contributed by atoms with Crippen LogP contribution in [-0.2, 0) is 0 Å². The van der Waals surface area contributed by atoms with Gasteiger partial charge in [-0.2, -0.15) is 0 Å². The van der Waals surface area contributed by atoms with Gasteiger partial charge in [-0.05, 0) is 31.4 Å². The van der Waals surface area contributed by atoms with Crippen molar-refractivity contribution in [2.45, 2.75) is 32.2 Å². The van der Waals surface area contributed by atoms with Crippen LogP contribution in [0, 0.1) is 5.92 Å². The maximum Gasteiger partial charge on any atom is 0.137 e. The SMILES string of the molecule is C[C@H](N)c1ccc(OCCC2CC2)cn1. The monoisotopic (exact) mass is 206 g/mol. The molecule has 0 amide bonds. The van der Waals surface area contributed by atoms with Gasteiger partial charge < -0.3 is 10.5 Å². The lowest BCUT2D eigenvalue weighted by Gasteiger charge is -2.07. The Morgan fingerprint density at radius 2 is 2.33 bits per heavy atom. The molecule has 1 fully saturated rings. The Kier molecular flexibility index (Phi) is 3.21. The van der Waals surface area contributed by atoms with Gasteiger partial charge in [-0.15, -0.1) is 0 Å². The molecular formula is C12H18N2O. The fourth-order valence-corrected chi connectivity index (χ4v) is 1.50. The van der Waals surface area contributed by atoms with Crippen LogP contribution < -0.4 is 10.5 Å². The van der Waals surface area contributed by atoms with Gasteiger partial charge >= 0.3 is 0 Å². The number of ether oxygens (including phenoxy) is 1. The van der Waals surface area contributed by atoms with Crippen LogP contribution in [0.1, 0.15) is 37.9 Å². The Hall–Kier alpha value is -1.09. The Morgan fingerprint density at radius 3 is 2.87 bits per heavy atom. The van der Waals surface area contributed by atoms with Crippen LogP contribution in [0.4, 0.5) is 0 Å². The van der Waals surface area contributed by atoms with E-state index in [-0.39, 0.29) is 6.04 Å². The van der Waals surface area contributed by atoms with Crippen molar-refractivity contribution >= 4 is 0 Å². The highest BCUT2D eigenvalue weighted by molar-refractivity contribution is 5.21. The molecule has 3 nitrogen and oxygen atoms in total. The highest BCUT2D eigenvalue weighted by Crippen LogP contribution is 2.32. The summed E-state index contributed by atoms with van der Waals surface area (Å²) in [6.45, 7) is 2.74. The van der Waals surface area contributed by atoms with Crippen molar-refractivity contribution in [2.24, 2.45) is 11.7 Å². The van der Waals surface area contributed by atoms with E-state index in [0.717, 1.165) is 24.0 Å². The summed E-state index contributed by atoms with van der Waals surface area (Å²) < 4.78 is 5.59. The van der Waals surface area contributed by atoms with E-state index < -0.39 is 0 Å². The molecule has 2 rings (SSSR count). The lowest BCUT2D eigenvalue weighted by atomic mass is 10.2. The van der Waals surface area contributed by atoms with Gasteiger partial charge in [-0.25, -0.2) is 0 Å². The summed E-state index contributed by atoms with van der Waals surface area (Å²) in [6.07, 6.45) is 5.69. The Balaban J connectivity index is 1.80. The maximum atomic E-state index is 5.71. The molecule has 1 heterocycles. The first-order valence-electron chi connectivity index (χ1n) is 5.60. The average molecular weight is 206 g/mol. The van der Waals surface area contributed by atoms with Gasteiger partial charge in [0.15, 0.2) is 0 Å². The lowest BCUT2D eigenvalue weighted by Crippen LogP contribution is -2.07. The highest BCUT2D eigenvalue weighted by atomic mass is 16.5. The Morgan fingerprint density at radius 1 is 1.53 bits per heavy atom. The molecule has 1 aliphatic carbocycles. The number of pyridine rings is 1. The quantitative estimate of drug-likeness (QED) is 0.804. The molecule has 82 valence electrons. The molecule has 15 heavy (non-hydrogen) atoms. The largest absolute Gasteiger partial charge is 0.492 e. The number of rotatable bonds is 5. The van der Waals surface area contributed by atoms with Gasteiger partial charge in [0.2, 0.25) is 0 Å². The molecule has 2 N–H and O–H groups in total. The number of nitrogens with zero attached hydrogens (tertiary/aromatic N) is 1.